The number of halogens is 1. The minimum Gasteiger partial charge on any atom is -0.491 e. The first-order chi connectivity index (χ1) is 9.74. The van der Waals surface area contributed by atoms with E-state index in [2.05, 4.69) is 15.3 Å². The van der Waals surface area contributed by atoms with Crippen LogP contribution in [0.2, 0.25) is 5.02 Å². The highest BCUT2D eigenvalue weighted by Gasteiger charge is 2.17. The van der Waals surface area contributed by atoms with Crippen molar-refractivity contribution >= 4 is 11.6 Å². The number of rotatable bonds is 6. The van der Waals surface area contributed by atoms with Crippen molar-refractivity contribution in [2.24, 2.45) is 0 Å². The monoisotopic (exact) mass is 293 g/mol. The van der Waals surface area contributed by atoms with E-state index in [9.17, 15) is 0 Å². The topological polar surface area (TPSA) is 56.3 Å². The van der Waals surface area contributed by atoms with Crippen molar-refractivity contribution in [2.75, 3.05) is 20.8 Å². The van der Waals surface area contributed by atoms with E-state index >= 15 is 0 Å². The molecule has 106 valence electrons. The summed E-state index contributed by atoms with van der Waals surface area (Å²) in [6.07, 6.45) is 3.22. The fraction of sp³-hybridized carbons (Fsp3) is 0.286. The number of nitrogens with one attached hydrogen (secondary N) is 1. The molecule has 20 heavy (non-hydrogen) atoms. The Morgan fingerprint density at radius 2 is 2.10 bits per heavy atom. The highest BCUT2D eigenvalue weighted by molar-refractivity contribution is 6.30. The fourth-order valence-corrected chi connectivity index (χ4v) is 1.95. The first-order valence-corrected chi connectivity index (χ1v) is 6.53. The number of methoxy groups -OCH3 is 1. The van der Waals surface area contributed by atoms with E-state index in [1.54, 1.807) is 31.6 Å². The second-order valence-electron chi connectivity index (χ2n) is 4.06. The minimum atomic E-state index is -0.127. The van der Waals surface area contributed by atoms with Gasteiger partial charge in [-0.1, -0.05) is 17.7 Å². The molecule has 1 aromatic heterocycles. The van der Waals surface area contributed by atoms with Gasteiger partial charge in [0.2, 0.25) is 5.88 Å². The highest BCUT2D eigenvalue weighted by Crippen LogP contribution is 2.22. The van der Waals surface area contributed by atoms with Crippen molar-refractivity contribution in [3.05, 3.63) is 47.4 Å². The molecule has 0 saturated heterocycles. The molecule has 0 radical (unpaired) electrons. The molecule has 6 heteroatoms. The summed E-state index contributed by atoms with van der Waals surface area (Å²) < 4.78 is 10.9. The Kier molecular flexibility index (Phi) is 5.15. The van der Waals surface area contributed by atoms with Crippen molar-refractivity contribution in [1.29, 1.82) is 0 Å². The molecule has 0 spiro atoms. The summed E-state index contributed by atoms with van der Waals surface area (Å²) >= 11 is 5.92. The van der Waals surface area contributed by atoms with Crippen LogP contribution < -0.4 is 14.8 Å². The summed E-state index contributed by atoms with van der Waals surface area (Å²) in [5.41, 5.74) is 0.708. The van der Waals surface area contributed by atoms with Crippen LogP contribution in [0.1, 0.15) is 11.7 Å². The molecule has 1 atom stereocenters. The van der Waals surface area contributed by atoms with Gasteiger partial charge >= 0.3 is 0 Å². The first-order valence-electron chi connectivity index (χ1n) is 6.15. The van der Waals surface area contributed by atoms with E-state index in [-0.39, 0.29) is 6.04 Å². The van der Waals surface area contributed by atoms with Crippen molar-refractivity contribution in [1.82, 2.24) is 15.3 Å². The number of aromatic nitrogens is 2. The Morgan fingerprint density at radius 3 is 2.80 bits per heavy atom. The first kappa shape index (κ1) is 14.6. The van der Waals surface area contributed by atoms with Gasteiger partial charge in [-0.3, -0.25) is 4.98 Å². The molecule has 1 heterocycles. The van der Waals surface area contributed by atoms with Crippen molar-refractivity contribution < 1.29 is 9.47 Å². The van der Waals surface area contributed by atoms with Crippen LogP contribution in [0, 0.1) is 0 Å². The van der Waals surface area contributed by atoms with Gasteiger partial charge in [0.1, 0.15) is 18.1 Å². The largest absolute Gasteiger partial charge is 0.491 e. The van der Waals surface area contributed by atoms with E-state index < -0.39 is 0 Å². The van der Waals surface area contributed by atoms with Gasteiger partial charge in [0.25, 0.3) is 0 Å². The number of hydrogen-bond acceptors (Lipinski definition) is 5. The lowest BCUT2D eigenvalue weighted by Gasteiger charge is -2.18. The maximum absolute atomic E-state index is 5.92. The zero-order chi connectivity index (χ0) is 14.4. The van der Waals surface area contributed by atoms with Gasteiger partial charge in [-0.25, -0.2) is 4.98 Å². The Morgan fingerprint density at radius 1 is 1.30 bits per heavy atom. The quantitative estimate of drug-likeness (QED) is 0.887. The van der Waals surface area contributed by atoms with Gasteiger partial charge in [-0.2, -0.15) is 0 Å². The zero-order valence-corrected chi connectivity index (χ0v) is 12.1. The summed E-state index contributed by atoms with van der Waals surface area (Å²) in [6, 6.07) is 7.14. The Hall–Kier alpha value is -1.85. The molecule has 1 aromatic carbocycles. The Bertz CT molecular complexity index is 566. The summed E-state index contributed by atoms with van der Waals surface area (Å²) in [6.45, 7) is 0.395. The van der Waals surface area contributed by atoms with Crippen LogP contribution in [-0.2, 0) is 0 Å². The van der Waals surface area contributed by atoms with Crippen LogP contribution >= 0.6 is 11.6 Å². The van der Waals surface area contributed by atoms with Crippen molar-refractivity contribution in [3.63, 3.8) is 0 Å². The number of benzene rings is 1. The Balaban J connectivity index is 2.09. The highest BCUT2D eigenvalue weighted by atomic mass is 35.5. The molecule has 0 amide bonds. The Labute approximate surface area is 122 Å². The number of ether oxygens (including phenoxy) is 2. The molecular formula is C14H16ClN3O2. The lowest BCUT2D eigenvalue weighted by Crippen LogP contribution is -2.25. The maximum Gasteiger partial charge on any atom is 0.237 e. The molecular weight excluding hydrogens is 278 g/mol. The zero-order valence-electron chi connectivity index (χ0n) is 11.3. The van der Waals surface area contributed by atoms with Crippen LogP contribution in [0.15, 0.2) is 36.7 Å². The van der Waals surface area contributed by atoms with Crippen molar-refractivity contribution in [2.45, 2.75) is 6.04 Å². The molecule has 1 unspecified atom stereocenters. The average Bonchev–Trinajstić information content (AvgIpc) is 2.48. The molecule has 0 aliphatic rings. The van der Waals surface area contributed by atoms with Gasteiger partial charge in [-0.05, 0) is 25.2 Å². The lowest BCUT2D eigenvalue weighted by molar-refractivity contribution is 0.264. The van der Waals surface area contributed by atoms with Gasteiger partial charge in [0, 0.05) is 17.4 Å². The standard InChI is InChI=1S/C14H16ClN3O2/c1-16-12(13-14(19-2)18-7-6-17-13)9-20-11-5-3-4-10(15)8-11/h3-8,12,16H,9H2,1-2H3. The summed E-state index contributed by atoms with van der Waals surface area (Å²) in [4.78, 5) is 8.43. The van der Waals surface area contributed by atoms with E-state index in [4.69, 9.17) is 21.1 Å². The summed E-state index contributed by atoms with van der Waals surface area (Å²) in [5.74, 6) is 1.20. The normalized spacial score (nSPS) is 11.9. The fourth-order valence-electron chi connectivity index (χ4n) is 1.77. The minimum absolute atomic E-state index is 0.127. The van der Waals surface area contributed by atoms with Gasteiger partial charge in [0.15, 0.2) is 0 Å². The van der Waals surface area contributed by atoms with Gasteiger partial charge in [-0.15, -0.1) is 0 Å². The molecule has 0 aliphatic heterocycles. The third kappa shape index (κ3) is 3.59. The SMILES string of the molecule is CNC(COc1cccc(Cl)c1)c1nccnc1OC. The average molecular weight is 294 g/mol. The predicted molar refractivity (Wildman–Crippen MR) is 77.3 cm³/mol. The van der Waals surface area contributed by atoms with E-state index in [0.29, 0.717) is 29.0 Å². The molecule has 5 nitrogen and oxygen atoms in total. The van der Waals surface area contributed by atoms with Crippen LogP contribution in [0.4, 0.5) is 0 Å². The third-order valence-corrected chi connectivity index (χ3v) is 3.01. The molecule has 0 bridgehead atoms. The molecule has 0 aliphatic carbocycles. The molecule has 0 fully saturated rings. The summed E-state index contributed by atoms with van der Waals surface area (Å²) in [5, 5.41) is 3.78. The second-order valence-corrected chi connectivity index (χ2v) is 4.50. The molecule has 1 N–H and O–H groups in total. The lowest BCUT2D eigenvalue weighted by atomic mass is 10.2. The van der Waals surface area contributed by atoms with Crippen LogP contribution in [-0.4, -0.2) is 30.7 Å². The van der Waals surface area contributed by atoms with E-state index in [1.807, 2.05) is 19.2 Å². The van der Waals surface area contributed by atoms with Gasteiger partial charge in [0.05, 0.1) is 13.2 Å². The smallest absolute Gasteiger partial charge is 0.237 e. The molecule has 2 aromatic rings. The number of hydrogen-bond donors (Lipinski definition) is 1. The van der Waals surface area contributed by atoms with Crippen LogP contribution in [0.3, 0.4) is 0 Å². The summed E-state index contributed by atoms with van der Waals surface area (Å²) in [7, 11) is 3.40. The van der Waals surface area contributed by atoms with Crippen LogP contribution in [0.5, 0.6) is 11.6 Å². The number of likely N-dealkylation sites (N-methyl/N-ethyl adjacent to an activating group) is 1. The molecule has 0 saturated carbocycles. The predicted octanol–water partition coefficient (Wildman–Crippen LogP) is 2.48. The number of nitrogens with zero attached hydrogens (tertiary/aromatic N) is 2. The second kappa shape index (κ2) is 7.07. The van der Waals surface area contributed by atoms with Crippen molar-refractivity contribution in [3.8, 4) is 11.6 Å². The molecule has 2 rings (SSSR count). The van der Waals surface area contributed by atoms with E-state index in [1.165, 1.54) is 0 Å². The van der Waals surface area contributed by atoms with Crippen LogP contribution in [0.25, 0.3) is 0 Å². The third-order valence-electron chi connectivity index (χ3n) is 2.78. The van der Waals surface area contributed by atoms with Gasteiger partial charge < -0.3 is 14.8 Å². The van der Waals surface area contributed by atoms with E-state index in [0.717, 1.165) is 0 Å². The maximum atomic E-state index is 5.92.